The number of nitriles is 1. The number of nitrogens with zero attached hydrogens (tertiary/aromatic N) is 2. The molecule has 0 aromatic heterocycles. The molecule has 126 valence electrons. The standard InChI is InChI=1S/C21H20N2O2/c1-14-10-15(11-22)23(12-14)21(24)25-13-20-18-8-4-2-6-16(18)17-7-3-5-9-19(17)20/h2-9,14-15,20H,10,12-13H2,1H3/t14-,15-/m0/s1. The van der Waals surface area contributed by atoms with Gasteiger partial charge in [-0.25, -0.2) is 4.79 Å². The van der Waals surface area contributed by atoms with Crippen LogP contribution in [0.5, 0.6) is 0 Å². The Morgan fingerprint density at radius 2 is 1.76 bits per heavy atom. The molecule has 1 amide bonds. The van der Waals surface area contributed by atoms with Crippen molar-refractivity contribution in [2.75, 3.05) is 13.2 Å². The van der Waals surface area contributed by atoms with Crippen LogP contribution in [0.15, 0.2) is 48.5 Å². The molecule has 1 fully saturated rings. The molecule has 0 bridgehead atoms. The fraction of sp³-hybridized carbons (Fsp3) is 0.333. The summed E-state index contributed by atoms with van der Waals surface area (Å²) in [6.07, 6.45) is 0.346. The molecule has 1 aliphatic carbocycles. The average molecular weight is 332 g/mol. The van der Waals surface area contributed by atoms with Gasteiger partial charge in [-0.1, -0.05) is 55.5 Å². The first-order valence-electron chi connectivity index (χ1n) is 8.70. The first kappa shape index (κ1) is 15.7. The summed E-state index contributed by atoms with van der Waals surface area (Å²) in [6, 6.07) is 18.4. The number of hydrogen-bond acceptors (Lipinski definition) is 3. The van der Waals surface area contributed by atoms with Gasteiger partial charge < -0.3 is 4.74 Å². The minimum atomic E-state index is -0.377. The third-order valence-electron chi connectivity index (χ3n) is 5.23. The lowest BCUT2D eigenvalue weighted by atomic mass is 9.98. The fourth-order valence-corrected chi connectivity index (χ4v) is 4.05. The topological polar surface area (TPSA) is 53.3 Å². The SMILES string of the molecule is C[C@H]1C[C@@H](C#N)N(C(=O)OCC2c3ccccc3-c3ccccc32)C1. The van der Waals surface area contributed by atoms with Crippen LogP contribution in [0.25, 0.3) is 11.1 Å². The summed E-state index contributed by atoms with van der Waals surface area (Å²) in [6.45, 7) is 2.95. The molecule has 1 heterocycles. The highest BCUT2D eigenvalue weighted by atomic mass is 16.6. The molecule has 0 radical (unpaired) electrons. The lowest BCUT2D eigenvalue weighted by molar-refractivity contribution is 0.101. The summed E-state index contributed by atoms with van der Waals surface area (Å²) in [5.41, 5.74) is 4.82. The number of amides is 1. The molecule has 0 unspecified atom stereocenters. The summed E-state index contributed by atoms with van der Waals surface area (Å²) in [5, 5.41) is 9.24. The zero-order valence-corrected chi connectivity index (χ0v) is 14.2. The van der Waals surface area contributed by atoms with Crippen LogP contribution in [0.4, 0.5) is 4.79 Å². The zero-order valence-electron chi connectivity index (χ0n) is 14.2. The highest BCUT2D eigenvalue weighted by Crippen LogP contribution is 2.44. The maximum Gasteiger partial charge on any atom is 0.410 e. The monoisotopic (exact) mass is 332 g/mol. The molecule has 4 nitrogen and oxygen atoms in total. The van der Waals surface area contributed by atoms with E-state index in [1.54, 1.807) is 4.90 Å². The molecule has 0 spiro atoms. The maximum absolute atomic E-state index is 12.5. The van der Waals surface area contributed by atoms with Crippen LogP contribution in [-0.2, 0) is 4.74 Å². The molecule has 4 heteroatoms. The maximum atomic E-state index is 12.5. The lowest BCUT2D eigenvalue weighted by Crippen LogP contribution is -2.36. The molecule has 0 N–H and O–H groups in total. The quantitative estimate of drug-likeness (QED) is 0.829. The van der Waals surface area contributed by atoms with Crippen molar-refractivity contribution in [3.05, 3.63) is 59.7 Å². The molecule has 25 heavy (non-hydrogen) atoms. The molecule has 1 aliphatic heterocycles. The summed E-state index contributed by atoms with van der Waals surface area (Å²) >= 11 is 0. The van der Waals surface area contributed by atoms with Crippen LogP contribution in [0, 0.1) is 17.2 Å². The highest BCUT2D eigenvalue weighted by Gasteiger charge is 2.35. The Kier molecular flexibility index (Phi) is 3.93. The van der Waals surface area contributed by atoms with E-state index in [1.165, 1.54) is 22.3 Å². The molecule has 4 rings (SSSR count). The van der Waals surface area contributed by atoms with E-state index in [0.717, 1.165) is 6.42 Å². The number of rotatable bonds is 2. The van der Waals surface area contributed by atoms with Crippen LogP contribution in [0.2, 0.25) is 0 Å². The Morgan fingerprint density at radius 1 is 1.16 bits per heavy atom. The second-order valence-electron chi connectivity index (χ2n) is 6.94. The number of ether oxygens (including phenoxy) is 1. The van der Waals surface area contributed by atoms with Crippen molar-refractivity contribution >= 4 is 6.09 Å². The van der Waals surface area contributed by atoms with Gasteiger partial charge in [0.15, 0.2) is 0 Å². The predicted octanol–water partition coefficient (Wildman–Crippen LogP) is 4.17. The lowest BCUT2D eigenvalue weighted by Gasteiger charge is -2.21. The second-order valence-corrected chi connectivity index (χ2v) is 6.94. The van der Waals surface area contributed by atoms with E-state index in [1.807, 2.05) is 24.3 Å². The van der Waals surface area contributed by atoms with Gasteiger partial charge >= 0.3 is 6.09 Å². The van der Waals surface area contributed by atoms with Gasteiger partial charge in [0.1, 0.15) is 12.6 Å². The summed E-state index contributed by atoms with van der Waals surface area (Å²) < 4.78 is 5.64. The number of fused-ring (bicyclic) bond motifs is 3. The van der Waals surface area contributed by atoms with E-state index in [0.29, 0.717) is 19.1 Å². The van der Waals surface area contributed by atoms with Gasteiger partial charge in [-0.05, 0) is 34.6 Å². The minimum Gasteiger partial charge on any atom is -0.448 e. The van der Waals surface area contributed by atoms with E-state index in [4.69, 9.17) is 4.74 Å². The number of hydrogen-bond donors (Lipinski definition) is 0. The average Bonchev–Trinajstić information content (AvgIpc) is 3.18. The molecule has 0 saturated carbocycles. The van der Waals surface area contributed by atoms with Gasteiger partial charge in [0.2, 0.25) is 0 Å². The Hall–Kier alpha value is -2.80. The third-order valence-corrected chi connectivity index (χ3v) is 5.23. The number of benzene rings is 2. The third kappa shape index (κ3) is 2.66. The number of carbonyl (C=O) groups excluding carboxylic acids is 1. The highest BCUT2D eigenvalue weighted by molar-refractivity contribution is 5.79. The van der Waals surface area contributed by atoms with E-state index in [-0.39, 0.29) is 18.1 Å². The molecule has 1 saturated heterocycles. The van der Waals surface area contributed by atoms with Crippen LogP contribution in [0.3, 0.4) is 0 Å². The van der Waals surface area contributed by atoms with Crippen LogP contribution >= 0.6 is 0 Å². The Labute approximate surface area is 147 Å². The van der Waals surface area contributed by atoms with Gasteiger partial charge in [0.05, 0.1) is 6.07 Å². The molecule has 2 aliphatic rings. The van der Waals surface area contributed by atoms with Crippen molar-refractivity contribution in [3.8, 4) is 17.2 Å². The van der Waals surface area contributed by atoms with Crippen molar-refractivity contribution in [3.63, 3.8) is 0 Å². The largest absolute Gasteiger partial charge is 0.448 e. The molecular formula is C21H20N2O2. The first-order chi connectivity index (χ1) is 12.2. The summed E-state index contributed by atoms with van der Waals surface area (Å²) in [5.74, 6) is 0.391. The van der Waals surface area contributed by atoms with Crippen LogP contribution in [0.1, 0.15) is 30.4 Å². The zero-order chi connectivity index (χ0) is 17.4. The van der Waals surface area contributed by atoms with Gasteiger partial charge in [-0.15, -0.1) is 0 Å². The number of likely N-dealkylation sites (tertiary alicyclic amines) is 1. The second kappa shape index (κ2) is 6.25. The summed E-state index contributed by atoms with van der Waals surface area (Å²) in [4.78, 5) is 14.1. The van der Waals surface area contributed by atoms with Crippen LogP contribution < -0.4 is 0 Å². The van der Waals surface area contributed by atoms with Crippen molar-refractivity contribution in [1.29, 1.82) is 5.26 Å². The van der Waals surface area contributed by atoms with Crippen LogP contribution in [-0.4, -0.2) is 30.2 Å². The predicted molar refractivity (Wildman–Crippen MR) is 95.0 cm³/mol. The van der Waals surface area contributed by atoms with E-state index < -0.39 is 0 Å². The van der Waals surface area contributed by atoms with E-state index in [2.05, 4.69) is 37.3 Å². The minimum absolute atomic E-state index is 0.0527. The van der Waals surface area contributed by atoms with E-state index >= 15 is 0 Å². The smallest absolute Gasteiger partial charge is 0.410 e. The Bertz CT molecular complexity index is 809. The Morgan fingerprint density at radius 3 is 2.36 bits per heavy atom. The van der Waals surface area contributed by atoms with Crippen molar-refractivity contribution in [2.45, 2.75) is 25.3 Å². The van der Waals surface area contributed by atoms with Crippen molar-refractivity contribution in [1.82, 2.24) is 4.90 Å². The number of carbonyl (C=O) groups is 1. The van der Waals surface area contributed by atoms with Gasteiger partial charge in [0, 0.05) is 12.5 Å². The van der Waals surface area contributed by atoms with Gasteiger partial charge in [-0.3, -0.25) is 4.90 Å². The molecule has 2 aromatic carbocycles. The van der Waals surface area contributed by atoms with Gasteiger partial charge in [0.25, 0.3) is 0 Å². The normalized spacial score (nSPS) is 21.5. The van der Waals surface area contributed by atoms with Crippen molar-refractivity contribution < 1.29 is 9.53 Å². The molecular weight excluding hydrogens is 312 g/mol. The van der Waals surface area contributed by atoms with E-state index in [9.17, 15) is 10.1 Å². The molecule has 2 aromatic rings. The van der Waals surface area contributed by atoms with Gasteiger partial charge in [-0.2, -0.15) is 5.26 Å². The summed E-state index contributed by atoms with van der Waals surface area (Å²) in [7, 11) is 0. The fourth-order valence-electron chi connectivity index (χ4n) is 4.05. The Balaban J connectivity index is 1.54. The first-order valence-corrected chi connectivity index (χ1v) is 8.70. The molecule has 2 atom stereocenters. The van der Waals surface area contributed by atoms with Crippen molar-refractivity contribution in [2.24, 2.45) is 5.92 Å².